The first-order chi connectivity index (χ1) is 17.8. The normalized spacial score (nSPS) is 12.8. The van der Waals surface area contributed by atoms with Crippen LogP contribution < -0.4 is 15.3 Å². The molecule has 1 nitrogen and oxygen atoms in total. The summed E-state index contributed by atoms with van der Waals surface area (Å²) in [4.78, 5) is 2.53. The maximum atomic E-state index is 3.81. The summed E-state index contributed by atoms with van der Waals surface area (Å²) in [6, 6.07) is 32.9. The number of nitrogens with zero attached hydrogens (tertiary/aromatic N) is 1. The summed E-state index contributed by atoms with van der Waals surface area (Å²) < 4.78 is 0. The average molecular weight is 556 g/mol. The number of benzene rings is 4. The zero-order valence-corrected chi connectivity index (χ0v) is 23.9. The molecule has 2 heteroatoms. The third-order valence-corrected chi connectivity index (χ3v) is 7.34. The number of hydrogen-bond acceptors (Lipinski definition) is 1. The largest absolute Gasteiger partial charge is 0.377 e. The van der Waals surface area contributed by atoms with Gasteiger partial charge in [0.25, 0.3) is 0 Å². The molecule has 6 rings (SSSR count). The van der Waals surface area contributed by atoms with Crippen molar-refractivity contribution in [3.05, 3.63) is 142 Å². The van der Waals surface area contributed by atoms with Crippen LogP contribution >= 0.6 is 0 Å². The van der Waals surface area contributed by atoms with Crippen LogP contribution in [0.1, 0.15) is 42.5 Å². The van der Waals surface area contributed by atoms with Crippen LogP contribution in [0.15, 0.2) is 109 Å². The molecule has 0 atom stereocenters. The van der Waals surface area contributed by atoms with Crippen LogP contribution in [0.5, 0.6) is 0 Å². The quantitative estimate of drug-likeness (QED) is 0.208. The molecule has 0 saturated carbocycles. The van der Waals surface area contributed by atoms with Gasteiger partial charge in [-0.1, -0.05) is 114 Å². The van der Waals surface area contributed by atoms with Gasteiger partial charge >= 0.3 is 0 Å². The van der Waals surface area contributed by atoms with Crippen LogP contribution in [-0.2, 0) is 26.2 Å². The van der Waals surface area contributed by atoms with E-state index in [4.69, 9.17) is 0 Å². The van der Waals surface area contributed by atoms with E-state index in [0.717, 1.165) is 19.5 Å². The molecule has 180 valence electrons. The Labute approximate surface area is 239 Å². The van der Waals surface area contributed by atoms with Crippen LogP contribution in [0.25, 0.3) is 28.3 Å². The van der Waals surface area contributed by atoms with Gasteiger partial charge in [0.05, 0.1) is 0 Å². The Morgan fingerprint density at radius 2 is 1.41 bits per heavy atom. The zero-order valence-electron chi connectivity index (χ0n) is 21.5. The van der Waals surface area contributed by atoms with Gasteiger partial charge in [-0.15, -0.1) is 34.1 Å². The molecule has 0 radical (unpaired) electrons. The van der Waals surface area contributed by atoms with Crippen LogP contribution in [0.2, 0.25) is 0 Å². The van der Waals surface area contributed by atoms with Gasteiger partial charge in [-0.2, -0.15) is 0 Å². The average Bonchev–Trinajstić information content (AvgIpc) is 3.59. The summed E-state index contributed by atoms with van der Waals surface area (Å²) in [6.45, 7) is 6.41. The number of fused-ring (bicyclic) bond motifs is 3. The molecule has 4 aromatic rings. The number of anilines is 1. The molecule has 0 saturated heterocycles. The van der Waals surface area contributed by atoms with E-state index in [2.05, 4.69) is 134 Å². The van der Waals surface area contributed by atoms with E-state index in [1.165, 1.54) is 60.7 Å². The molecule has 37 heavy (non-hydrogen) atoms. The maximum absolute atomic E-state index is 3.81. The number of rotatable bonds is 6. The van der Waals surface area contributed by atoms with E-state index in [1.54, 1.807) is 0 Å². The van der Waals surface area contributed by atoms with Gasteiger partial charge in [0, 0.05) is 45.0 Å². The van der Waals surface area contributed by atoms with Crippen LogP contribution in [0, 0.1) is 0 Å². The molecule has 2 aliphatic rings. The summed E-state index contributed by atoms with van der Waals surface area (Å²) in [5, 5.41) is 2.52. The predicted molar refractivity (Wildman–Crippen MR) is 153 cm³/mol. The standard InChI is InChI=1S/C35H30N.Zr/c1-3-36(4-2)35-32(33(25-15-7-5-8-16-25)26-17-9-6-10-18-26)24-30-29-22-14-13-21-28(29)23-31(30)34(35)27-19-11-12-20-27;/h5-19,21-22,24H,3-4,20H2,1-2H3;/q-1;. The van der Waals surface area contributed by atoms with Crippen molar-refractivity contribution < 1.29 is 26.2 Å². The van der Waals surface area contributed by atoms with E-state index in [0.29, 0.717) is 0 Å². The Balaban J connectivity index is 0.00000280. The molecule has 0 fully saturated rings. The van der Waals surface area contributed by atoms with E-state index in [-0.39, 0.29) is 26.2 Å². The fraction of sp³-hybridized carbons (Fsp3) is 0.143. The minimum atomic E-state index is 0. The SMILES string of the molecule is CCN(CC)c1c(C2=CC=CC2)c2c(cc1=C(c1ccccc1)c1ccccc1)-c1ccccc1[C-]=2.[Zr]. The van der Waals surface area contributed by atoms with Crippen molar-refractivity contribution in [2.75, 3.05) is 18.0 Å². The van der Waals surface area contributed by atoms with Crippen molar-refractivity contribution in [3.8, 4) is 11.1 Å². The molecule has 0 N–H and O–H groups in total. The molecule has 0 heterocycles. The fourth-order valence-electron chi connectivity index (χ4n) is 5.67. The van der Waals surface area contributed by atoms with Gasteiger partial charge < -0.3 is 4.90 Å². The third-order valence-electron chi connectivity index (χ3n) is 7.34. The van der Waals surface area contributed by atoms with Crippen molar-refractivity contribution in [3.63, 3.8) is 0 Å². The Morgan fingerprint density at radius 1 is 0.784 bits per heavy atom. The number of hydrogen-bond donors (Lipinski definition) is 0. The Bertz CT molecular complexity index is 1570. The molecular weight excluding hydrogens is 526 g/mol. The van der Waals surface area contributed by atoms with E-state index < -0.39 is 0 Å². The summed E-state index contributed by atoms with van der Waals surface area (Å²) in [5.41, 5.74) is 11.5. The van der Waals surface area contributed by atoms with Crippen LogP contribution in [0.4, 0.5) is 5.69 Å². The molecule has 0 aromatic heterocycles. The van der Waals surface area contributed by atoms with Crippen LogP contribution in [0.3, 0.4) is 0 Å². The minimum absolute atomic E-state index is 0. The molecule has 2 aliphatic carbocycles. The number of allylic oxidation sites excluding steroid dienone is 4. The summed E-state index contributed by atoms with van der Waals surface area (Å²) in [5.74, 6) is 0. The molecule has 0 amide bonds. The first kappa shape index (κ1) is 25.4. The molecule has 4 aromatic carbocycles. The third kappa shape index (κ3) is 4.53. The molecular formula is C35H30NZr-. The van der Waals surface area contributed by atoms with Crippen molar-refractivity contribution in [2.24, 2.45) is 0 Å². The smallest absolute Gasteiger partial charge is 0.0177 e. The van der Waals surface area contributed by atoms with Gasteiger partial charge in [0.2, 0.25) is 0 Å². The van der Waals surface area contributed by atoms with Crippen molar-refractivity contribution in [1.82, 2.24) is 0 Å². The monoisotopic (exact) mass is 554 g/mol. The summed E-state index contributed by atoms with van der Waals surface area (Å²) in [7, 11) is 0. The molecule has 0 unspecified atom stereocenters. The van der Waals surface area contributed by atoms with Crippen molar-refractivity contribution in [2.45, 2.75) is 20.3 Å². The molecule has 0 aliphatic heterocycles. The Hall–Kier alpha value is -3.22. The van der Waals surface area contributed by atoms with E-state index >= 15 is 0 Å². The second kappa shape index (κ2) is 11.0. The molecule has 0 spiro atoms. The zero-order chi connectivity index (χ0) is 24.5. The van der Waals surface area contributed by atoms with Crippen molar-refractivity contribution >= 4 is 22.9 Å². The van der Waals surface area contributed by atoms with Crippen molar-refractivity contribution in [1.29, 1.82) is 0 Å². The second-order valence-electron chi connectivity index (χ2n) is 9.34. The van der Waals surface area contributed by atoms with E-state index in [1.807, 2.05) is 0 Å². The first-order valence-electron chi connectivity index (χ1n) is 13.0. The topological polar surface area (TPSA) is 3.24 Å². The predicted octanol–water partition coefficient (Wildman–Crippen LogP) is 6.81. The Kier molecular flexibility index (Phi) is 7.58. The second-order valence-corrected chi connectivity index (χ2v) is 9.34. The minimum Gasteiger partial charge on any atom is -0.377 e. The fourth-order valence-corrected chi connectivity index (χ4v) is 5.67. The van der Waals surface area contributed by atoms with Gasteiger partial charge in [0.1, 0.15) is 0 Å². The first-order valence-corrected chi connectivity index (χ1v) is 13.0. The van der Waals surface area contributed by atoms with Crippen LogP contribution in [-0.4, -0.2) is 13.1 Å². The van der Waals surface area contributed by atoms with Gasteiger partial charge in [-0.25, -0.2) is 0 Å². The molecule has 0 bridgehead atoms. The summed E-state index contributed by atoms with van der Waals surface area (Å²) in [6.07, 6.45) is 11.5. The van der Waals surface area contributed by atoms with Gasteiger partial charge in [0.15, 0.2) is 0 Å². The van der Waals surface area contributed by atoms with Gasteiger partial charge in [-0.3, -0.25) is 0 Å². The summed E-state index contributed by atoms with van der Waals surface area (Å²) >= 11 is 0. The Morgan fingerprint density at radius 3 is 2.00 bits per heavy atom. The maximum Gasteiger partial charge on any atom is 0.0177 e. The van der Waals surface area contributed by atoms with Gasteiger partial charge in [-0.05, 0) is 42.2 Å². The van der Waals surface area contributed by atoms with E-state index in [9.17, 15) is 0 Å².